The lowest BCUT2D eigenvalue weighted by Gasteiger charge is -2.21. The Morgan fingerprint density at radius 2 is 0.558 bits per heavy atom. The summed E-state index contributed by atoms with van der Waals surface area (Å²) in [4.78, 5) is 58.5. The van der Waals surface area contributed by atoms with Gasteiger partial charge in [-0.1, -0.05) is 243 Å². The molecule has 0 saturated carbocycles. The number of hydrogen-bond donors (Lipinski definition) is 4. The monoisotopic (exact) mass is 1370 g/mol. The quantitative estimate of drug-likeness (QED) is 0.0146. The zero-order valence-electron chi connectivity index (χ0n) is 58.5. The normalized spacial score (nSPS) is 15.1. The molecule has 0 rings (SSSR count). The van der Waals surface area contributed by atoms with Crippen molar-refractivity contribution < 1.29 is 75.8 Å². The largest absolute Gasteiger partial charge is 0.472 e. The lowest BCUT2D eigenvalue weighted by molar-refractivity contribution is -0.161. The second-order valence-corrected chi connectivity index (χ2v) is 26.2. The number of hydrogen-bond acceptors (Lipinski definition) is 14. The van der Waals surface area contributed by atoms with Crippen molar-refractivity contribution in [2.24, 2.45) is 0 Å². The van der Waals surface area contributed by atoms with Crippen LogP contribution in [-0.2, 0) is 55.8 Å². The van der Waals surface area contributed by atoms with Gasteiger partial charge in [-0.25, -0.2) is 9.13 Å². The highest BCUT2D eigenvalue weighted by Crippen LogP contribution is 2.45. The van der Waals surface area contributed by atoms with Crippen molar-refractivity contribution >= 4 is 33.6 Å². The van der Waals surface area contributed by atoms with Gasteiger partial charge in [0.25, 0.3) is 0 Å². The number of carbonyl (C=O) groups is 3. The maximum absolute atomic E-state index is 13.0. The molecule has 0 aliphatic heterocycles. The predicted molar refractivity (Wildman–Crippen MR) is 389 cm³/mol. The molecule has 0 aromatic heterocycles. The molecule has 0 bridgehead atoms. The molecule has 0 aromatic carbocycles. The first-order chi connectivity index (χ1) is 46.2. The van der Waals surface area contributed by atoms with Gasteiger partial charge < -0.3 is 34.2 Å². The lowest BCUT2D eigenvalue weighted by Crippen LogP contribution is -2.30. The van der Waals surface area contributed by atoms with Gasteiger partial charge in [-0.3, -0.25) is 32.5 Å². The van der Waals surface area contributed by atoms with Crippen molar-refractivity contribution in [3.63, 3.8) is 0 Å². The SMILES string of the molecule is CC/C=C\C/C=C\C/C=C\C/C=C\C/C=C\CCCCCC(=O)OCC(COP(=O)(O)OCC(O)COP(=O)(O)OCC(O)COC(=O)CCCCCCC/C=C\C/C=C\C/C=C\C/C=C\CCCCC)OC(=O)CCCCCCCC/C=C\C/C=C\C/C=C\C/C=C\CC. The van der Waals surface area contributed by atoms with Gasteiger partial charge in [0.1, 0.15) is 25.4 Å². The first-order valence-electron chi connectivity index (χ1n) is 35.8. The van der Waals surface area contributed by atoms with Gasteiger partial charge in [0, 0.05) is 19.3 Å². The van der Waals surface area contributed by atoms with Crippen LogP contribution in [0.1, 0.15) is 252 Å². The molecule has 0 spiro atoms. The van der Waals surface area contributed by atoms with Crippen LogP contribution in [0, 0.1) is 0 Å². The van der Waals surface area contributed by atoms with Crippen LogP contribution in [0.3, 0.4) is 0 Å². The van der Waals surface area contributed by atoms with Gasteiger partial charge >= 0.3 is 33.6 Å². The Balaban J connectivity index is 4.78. The van der Waals surface area contributed by atoms with Gasteiger partial charge in [-0.2, -0.15) is 0 Å². The van der Waals surface area contributed by atoms with E-state index in [4.69, 9.17) is 32.3 Å². The molecule has 0 fully saturated rings. The summed E-state index contributed by atoms with van der Waals surface area (Å²) in [5.74, 6) is -1.66. The Hall–Kier alpha value is -4.83. The molecule has 5 atom stereocenters. The molecular weight excluding hydrogens is 1240 g/mol. The van der Waals surface area contributed by atoms with E-state index in [0.29, 0.717) is 19.3 Å². The highest BCUT2D eigenvalue weighted by molar-refractivity contribution is 7.47. The van der Waals surface area contributed by atoms with Gasteiger partial charge in [0.2, 0.25) is 0 Å². The number of unbranched alkanes of at least 4 members (excludes halogenated alkanes) is 17. The Labute approximate surface area is 574 Å². The van der Waals surface area contributed by atoms with Crippen LogP contribution in [0.5, 0.6) is 0 Å². The van der Waals surface area contributed by atoms with Crippen LogP contribution in [0.25, 0.3) is 0 Å². The molecule has 0 heterocycles. The predicted octanol–water partition coefficient (Wildman–Crippen LogP) is 20.3. The molecule has 0 aliphatic rings. The van der Waals surface area contributed by atoms with Crippen molar-refractivity contribution in [2.75, 3.05) is 39.6 Å². The van der Waals surface area contributed by atoms with E-state index in [0.717, 1.165) is 167 Å². The highest BCUT2D eigenvalue weighted by Gasteiger charge is 2.29. The molecule has 5 unspecified atom stereocenters. The minimum atomic E-state index is -4.95. The van der Waals surface area contributed by atoms with Crippen molar-refractivity contribution in [1.82, 2.24) is 0 Å². The van der Waals surface area contributed by atoms with Crippen LogP contribution < -0.4 is 0 Å². The fourth-order valence-corrected chi connectivity index (χ4v) is 10.4. The van der Waals surface area contributed by atoms with E-state index >= 15 is 0 Å². The summed E-state index contributed by atoms with van der Waals surface area (Å²) in [6.45, 7) is 2.32. The number of phosphoric acid groups is 2. The molecule has 540 valence electrons. The summed E-state index contributed by atoms with van der Waals surface area (Å²) in [6.07, 6.45) is 84.2. The lowest BCUT2D eigenvalue weighted by atomic mass is 10.1. The summed E-state index contributed by atoms with van der Waals surface area (Å²) < 4.78 is 61.0. The van der Waals surface area contributed by atoms with Crippen LogP contribution in [0.2, 0.25) is 0 Å². The van der Waals surface area contributed by atoms with Gasteiger partial charge in [0.15, 0.2) is 6.10 Å². The average Bonchev–Trinajstić information content (AvgIpc) is 1.75. The number of ether oxygens (including phenoxy) is 3. The Kier molecular flexibility index (Phi) is 65.6. The second kappa shape index (κ2) is 69.1. The second-order valence-electron chi connectivity index (χ2n) is 23.3. The minimum Gasteiger partial charge on any atom is -0.463 e. The molecule has 0 aliphatic carbocycles. The fourth-order valence-electron chi connectivity index (χ4n) is 8.81. The topological polar surface area (TPSA) is 231 Å². The number of phosphoric ester groups is 2. The molecule has 0 aromatic rings. The van der Waals surface area contributed by atoms with Gasteiger partial charge in [-0.05, 0) is 148 Å². The van der Waals surface area contributed by atoms with Crippen molar-refractivity contribution in [3.05, 3.63) is 158 Å². The van der Waals surface area contributed by atoms with E-state index in [-0.39, 0.29) is 19.3 Å². The third-order valence-electron chi connectivity index (χ3n) is 14.2. The third kappa shape index (κ3) is 70.3. The summed E-state index contributed by atoms with van der Waals surface area (Å²) in [7, 11) is -9.82. The molecule has 4 N–H and O–H groups in total. The number of esters is 3. The first-order valence-corrected chi connectivity index (χ1v) is 38.8. The molecule has 0 radical (unpaired) electrons. The van der Waals surface area contributed by atoms with E-state index in [1.54, 1.807) is 0 Å². The maximum atomic E-state index is 13.0. The molecule has 18 heteroatoms. The molecular formula is C77H126O16P2. The van der Waals surface area contributed by atoms with Gasteiger partial charge in [0.05, 0.1) is 26.4 Å². The van der Waals surface area contributed by atoms with Crippen molar-refractivity contribution in [1.29, 1.82) is 0 Å². The average molecular weight is 1370 g/mol. The number of rotatable bonds is 66. The number of aliphatic hydroxyl groups is 2. The maximum Gasteiger partial charge on any atom is 0.472 e. The van der Waals surface area contributed by atoms with E-state index in [9.17, 15) is 43.5 Å². The molecule has 16 nitrogen and oxygen atoms in total. The van der Waals surface area contributed by atoms with E-state index in [2.05, 4.69) is 179 Å². The van der Waals surface area contributed by atoms with Crippen LogP contribution in [-0.4, -0.2) is 95.9 Å². The fraction of sp³-hybridized carbons (Fsp3) is 0.623. The highest BCUT2D eigenvalue weighted by atomic mass is 31.2. The number of carbonyl (C=O) groups excluding carboxylic acids is 3. The molecule has 95 heavy (non-hydrogen) atoms. The van der Waals surface area contributed by atoms with E-state index in [1.165, 1.54) is 25.7 Å². The zero-order chi connectivity index (χ0) is 69.5. The summed E-state index contributed by atoms with van der Waals surface area (Å²) >= 11 is 0. The van der Waals surface area contributed by atoms with Crippen molar-refractivity contribution in [3.8, 4) is 0 Å². The zero-order valence-corrected chi connectivity index (χ0v) is 60.3. The first kappa shape index (κ1) is 90.2. The third-order valence-corrected chi connectivity index (χ3v) is 16.1. The minimum absolute atomic E-state index is 0.0737. The number of aliphatic hydroxyl groups excluding tert-OH is 2. The summed E-state index contributed by atoms with van der Waals surface area (Å²) in [6, 6.07) is 0. The Morgan fingerprint density at radius 3 is 0.895 bits per heavy atom. The van der Waals surface area contributed by atoms with Crippen LogP contribution in [0.15, 0.2) is 158 Å². The standard InChI is InChI=1S/C77H126O16P2/c1-4-7-10-13-16-19-22-25-28-31-34-35-38-40-42-45-48-51-54-57-60-63-75(80)87-66-72(78)67-89-94(83,84)90-68-73(79)69-91-95(85,86)92-71-74(93-77(82)65-62-59-56-53-50-47-44-41-37-33-30-27-24-21-18-15-12-9-6-3)70-88-76(81)64-61-58-55-52-49-46-43-39-36-32-29-26-23-20-17-14-11-8-5-2/h8-9,11-12,16-21,25-30,34-37,39-42,46,49,72-74,78-79H,4-7,10,13-15,22-24,31-33,38,43-45,47-48,50-71H2,1-3H3,(H,83,84)(H,85,86)/b11-8-,12-9-,19-16-,20-17-,21-18-,28-25-,29-26-,30-27-,35-34-,39-36-,41-37-,42-40-,49-46-. The molecule has 0 saturated heterocycles. The van der Waals surface area contributed by atoms with E-state index < -0.39 is 91.5 Å². The smallest absolute Gasteiger partial charge is 0.463 e. The van der Waals surface area contributed by atoms with Crippen LogP contribution >= 0.6 is 15.6 Å². The Bertz CT molecular complexity index is 2360. The summed E-state index contributed by atoms with van der Waals surface area (Å²) in [5.41, 5.74) is 0. The summed E-state index contributed by atoms with van der Waals surface area (Å²) in [5, 5.41) is 20.6. The Morgan fingerprint density at radius 1 is 0.305 bits per heavy atom. The van der Waals surface area contributed by atoms with Crippen molar-refractivity contribution in [2.45, 2.75) is 270 Å². The number of allylic oxidation sites excluding steroid dienone is 26. The molecule has 0 amide bonds. The van der Waals surface area contributed by atoms with Gasteiger partial charge in [-0.15, -0.1) is 0 Å². The van der Waals surface area contributed by atoms with Crippen LogP contribution in [0.4, 0.5) is 0 Å². The van der Waals surface area contributed by atoms with E-state index in [1.807, 2.05) is 0 Å².